The van der Waals surface area contributed by atoms with Gasteiger partial charge in [0.1, 0.15) is 10.8 Å². The Morgan fingerprint density at radius 1 is 0.543 bits per heavy atom. The van der Waals surface area contributed by atoms with Gasteiger partial charge < -0.3 is 9.13 Å². The van der Waals surface area contributed by atoms with Gasteiger partial charge in [0.15, 0.2) is 58.2 Å². The molecule has 0 saturated heterocycles. The number of imidazole rings is 2. The number of rotatable bonds is 8. The summed E-state index contributed by atoms with van der Waals surface area (Å²) in [5, 5.41) is 29.1. The second-order valence-electron chi connectivity index (χ2n) is 17.4. The van der Waals surface area contributed by atoms with Crippen LogP contribution in [0.3, 0.4) is 0 Å². The Labute approximate surface area is 398 Å². The number of fused-ring (bicyclic) bond motifs is 2. The van der Waals surface area contributed by atoms with E-state index in [1.165, 1.54) is 0 Å². The first-order valence-corrected chi connectivity index (χ1v) is 22.2. The summed E-state index contributed by atoms with van der Waals surface area (Å²) in [5.74, 6) is -7.15. The third kappa shape index (κ3) is 8.68. The molecule has 4 aromatic heterocycles. The van der Waals surface area contributed by atoms with Crippen LogP contribution in [0.4, 0.5) is 26.3 Å². The van der Waals surface area contributed by atoms with E-state index in [1.807, 2.05) is 97.8 Å². The van der Waals surface area contributed by atoms with Gasteiger partial charge in [-0.15, -0.1) is 0 Å². The molecule has 10 rings (SSSR count). The van der Waals surface area contributed by atoms with Crippen molar-refractivity contribution in [3.8, 4) is 23.5 Å². The number of hydrogen-bond acceptors (Lipinski definition) is 8. The van der Waals surface area contributed by atoms with Crippen molar-refractivity contribution in [3.05, 3.63) is 189 Å². The van der Waals surface area contributed by atoms with E-state index in [0.717, 1.165) is 69.3 Å². The first kappa shape index (κ1) is 46.7. The summed E-state index contributed by atoms with van der Waals surface area (Å²) in [4.78, 5) is 17.6. The minimum atomic E-state index is -1.56. The first-order valence-electron chi connectivity index (χ1n) is 22.2. The van der Waals surface area contributed by atoms with Gasteiger partial charge in [0.2, 0.25) is 0 Å². The number of nitriles is 2. The lowest BCUT2D eigenvalue weighted by molar-refractivity contribution is 0.385. The predicted octanol–water partition coefficient (Wildman–Crippen LogP) is 10.5. The number of aryl methyl sites for hydroxylation is 6. The molecule has 0 saturated carbocycles. The van der Waals surface area contributed by atoms with E-state index in [-0.39, 0.29) is 11.1 Å². The van der Waals surface area contributed by atoms with Crippen molar-refractivity contribution in [1.82, 2.24) is 48.6 Å². The molecule has 2 aliphatic heterocycles. The molecule has 12 nitrogen and oxygen atoms in total. The third-order valence-corrected chi connectivity index (χ3v) is 12.6. The van der Waals surface area contributed by atoms with Gasteiger partial charge in [0.25, 0.3) is 0 Å². The normalized spacial score (nSPS) is 17.5. The minimum Gasteiger partial charge on any atom is -0.306 e. The zero-order valence-corrected chi connectivity index (χ0v) is 38.3. The second kappa shape index (κ2) is 18.6. The topological polar surface area (TPSA) is 145 Å². The maximum atomic E-state index is 14.0. The van der Waals surface area contributed by atoms with E-state index in [2.05, 4.69) is 42.3 Å². The highest BCUT2D eigenvalue weighted by atomic mass is 19.2. The Bertz CT molecular complexity index is 3200. The molecule has 6 heterocycles. The highest BCUT2D eigenvalue weighted by Crippen LogP contribution is 2.41. The lowest BCUT2D eigenvalue weighted by Gasteiger charge is -2.30. The largest absolute Gasteiger partial charge is 0.306 e. The van der Waals surface area contributed by atoms with Crippen LogP contribution in [-0.4, -0.2) is 48.6 Å². The number of nitrogens with zero attached hydrogens (tertiary/aromatic N) is 12. The van der Waals surface area contributed by atoms with Crippen LogP contribution in [-0.2, 0) is 23.9 Å². The summed E-state index contributed by atoms with van der Waals surface area (Å²) >= 11 is 0. The fraction of sp³-hybridized carbons (Fsp3) is 0.231. The fourth-order valence-corrected chi connectivity index (χ4v) is 9.10. The molecule has 0 unspecified atom stereocenters. The monoisotopic (exact) mass is 948 g/mol. The summed E-state index contributed by atoms with van der Waals surface area (Å²) < 4.78 is 90.1. The van der Waals surface area contributed by atoms with Crippen molar-refractivity contribution in [2.24, 2.45) is 0 Å². The minimum absolute atomic E-state index is 0.0289. The molecular formula is C52H42F6N12. The zero-order valence-electron chi connectivity index (χ0n) is 38.3. The van der Waals surface area contributed by atoms with Crippen LogP contribution < -0.4 is 0 Å². The smallest absolute Gasteiger partial charge is 0.194 e. The molecule has 0 N–H and O–H groups in total. The van der Waals surface area contributed by atoms with Crippen LogP contribution >= 0.6 is 0 Å². The molecule has 0 fully saturated rings. The van der Waals surface area contributed by atoms with Crippen LogP contribution in [0, 0.1) is 85.3 Å². The third-order valence-electron chi connectivity index (χ3n) is 12.6. The summed E-state index contributed by atoms with van der Waals surface area (Å²) in [5.41, 5.74) is 5.12. The van der Waals surface area contributed by atoms with Crippen molar-refractivity contribution in [1.29, 1.82) is 10.5 Å². The van der Waals surface area contributed by atoms with Gasteiger partial charge >= 0.3 is 0 Å². The van der Waals surface area contributed by atoms with E-state index in [1.54, 1.807) is 34.2 Å². The average Bonchev–Trinajstić information content (AvgIpc) is 4.18. The molecule has 0 amide bonds. The Morgan fingerprint density at radius 3 is 1.26 bits per heavy atom. The molecule has 352 valence electrons. The van der Waals surface area contributed by atoms with E-state index < -0.39 is 45.7 Å². The zero-order chi connectivity index (χ0) is 49.5. The maximum absolute atomic E-state index is 14.0. The number of halogens is 6. The fourth-order valence-electron chi connectivity index (χ4n) is 9.10. The van der Waals surface area contributed by atoms with Gasteiger partial charge in [-0.25, -0.2) is 55.6 Å². The molecule has 0 bridgehead atoms. The van der Waals surface area contributed by atoms with Gasteiger partial charge in [-0.2, -0.15) is 20.7 Å². The van der Waals surface area contributed by atoms with Crippen LogP contribution in [0.5, 0.6) is 0 Å². The van der Waals surface area contributed by atoms with Crippen LogP contribution in [0.2, 0.25) is 0 Å². The van der Waals surface area contributed by atoms with Gasteiger partial charge in [0.05, 0.1) is 36.2 Å². The van der Waals surface area contributed by atoms with E-state index in [9.17, 15) is 36.9 Å². The molecule has 0 spiro atoms. The Hall–Kier alpha value is -8.38. The highest BCUT2D eigenvalue weighted by Gasteiger charge is 2.44. The van der Waals surface area contributed by atoms with Crippen molar-refractivity contribution in [2.45, 2.75) is 77.3 Å². The van der Waals surface area contributed by atoms with Crippen molar-refractivity contribution in [3.63, 3.8) is 0 Å². The van der Waals surface area contributed by atoms with Crippen molar-refractivity contribution < 1.29 is 26.3 Å². The average molecular weight is 949 g/mol. The van der Waals surface area contributed by atoms with Crippen molar-refractivity contribution >= 4 is 24.3 Å². The molecule has 18 heteroatoms. The SMILES string of the molecule is Cc1cn(-c2ccc(/C=C/c3nc4n(n3)CCC[C@@]4(C#N)c3cc(F)c(F)c(F)c3)cc2C)cn1.Cc1cn(-c2ccc(/C=C/c3nc4n(n3)CCC[C@]4(C#N)c3cc(F)c(F)c(F)c3)cc2C)cn1. The van der Waals surface area contributed by atoms with Gasteiger partial charge in [-0.3, -0.25) is 0 Å². The Morgan fingerprint density at radius 2 is 0.929 bits per heavy atom. The van der Waals surface area contributed by atoms with Crippen LogP contribution in [0.1, 0.15) is 93.7 Å². The number of benzene rings is 4. The number of hydrogen-bond donors (Lipinski definition) is 0. The second-order valence-corrected chi connectivity index (χ2v) is 17.4. The summed E-state index contributed by atoms with van der Waals surface area (Å²) in [6.07, 6.45) is 16.4. The lowest BCUT2D eigenvalue weighted by atomic mass is 9.75. The molecule has 2 aliphatic rings. The summed E-state index contributed by atoms with van der Waals surface area (Å²) in [7, 11) is 0. The molecular weight excluding hydrogens is 907 g/mol. The van der Waals surface area contributed by atoms with E-state index >= 15 is 0 Å². The predicted molar refractivity (Wildman–Crippen MR) is 248 cm³/mol. The Balaban J connectivity index is 0.000000174. The quantitative estimate of drug-likeness (QED) is 0.108. The first-order chi connectivity index (χ1) is 33.6. The maximum Gasteiger partial charge on any atom is 0.194 e. The standard InChI is InChI=1S/2C26H21F3N6/c2*1-16-10-18(4-6-22(16)34-13-17(2)31-15-34)5-7-23-32-25-26(14-30,8-3-9-35(25)33-23)19-11-20(27)24(29)21(28)12-19/h2*4-7,10-13,15H,3,8-9H2,1-2H3/b2*7-5+/t2*26-/m10/s1. The summed E-state index contributed by atoms with van der Waals surface area (Å²) in [6, 6.07) is 19.8. The van der Waals surface area contributed by atoms with Gasteiger partial charge in [-0.05, 0) is 147 Å². The highest BCUT2D eigenvalue weighted by molar-refractivity contribution is 5.69. The van der Waals surface area contributed by atoms with Crippen LogP contribution in [0.15, 0.2) is 85.7 Å². The van der Waals surface area contributed by atoms with Gasteiger partial charge in [0, 0.05) is 36.9 Å². The summed E-state index contributed by atoms with van der Waals surface area (Å²) in [6.45, 7) is 8.93. The molecule has 0 aliphatic carbocycles. The number of aromatic nitrogens is 10. The van der Waals surface area contributed by atoms with Crippen molar-refractivity contribution in [2.75, 3.05) is 0 Å². The molecule has 8 aromatic rings. The van der Waals surface area contributed by atoms with E-state index in [0.29, 0.717) is 62.1 Å². The molecule has 70 heavy (non-hydrogen) atoms. The molecule has 2 atom stereocenters. The Kier molecular flexibility index (Phi) is 12.4. The van der Waals surface area contributed by atoms with E-state index in [4.69, 9.17) is 0 Å². The molecule has 0 radical (unpaired) electrons. The molecule has 4 aromatic carbocycles. The van der Waals surface area contributed by atoms with Gasteiger partial charge in [-0.1, -0.05) is 24.3 Å². The van der Waals surface area contributed by atoms with Crippen LogP contribution in [0.25, 0.3) is 35.7 Å². The lowest BCUT2D eigenvalue weighted by Crippen LogP contribution is -2.35.